The average Bonchev–Trinajstić information content (AvgIpc) is 2.84. The van der Waals surface area contributed by atoms with E-state index in [1.165, 1.54) is 11.3 Å². The molecule has 0 bridgehead atoms. The fourth-order valence-corrected chi connectivity index (χ4v) is 3.16. The summed E-state index contributed by atoms with van der Waals surface area (Å²) in [5, 5.41) is 12.6. The van der Waals surface area contributed by atoms with Gasteiger partial charge in [0.2, 0.25) is 0 Å². The Morgan fingerprint density at radius 2 is 2.09 bits per heavy atom. The Kier molecular flexibility index (Phi) is 3.49. The van der Waals surface area contributed by atoms with Gasteiger partial charge in [-0.3, -0.25) is 4.79 Å². The fourth-order valence-electron chi connectivity index (χ4n) is 2.13. The minimum absolute atomic E-state index is 0.333. The van der Waals surface area contributed by atoms with Crippen LogP contribution in [0.1, 0.15) is 20.9 Å². The maximum absolute atomic E-state index is 12.4. The third kappa shape index (κ3) is 2.38. The molecule has 0 spiro atoms. The van der Waals surface area contributed by atoms with Crippen molar-refractivity contribution in [3.63, 3.8) is 0 Å². The quantitative estimate of drug-likeness (QED) is 0.759. The number of benzene rings is 1. The van der Waals surface area contributed by atoms with Crippen molar-refractivity contribution in [3.05, 3.63) is 52.5 Å². The van der Waals surface area contributed by atoms with Crippen molar-refractivity contribution in [3.8, 4) is 6.07 Å². The monoisotopic (exact) mass is 308 g/mol. The van der Waals surface area contributed by atoms with Crippen LogP contribution in [-0.4, -0.2) is 10.9 Å². The second kappa shape index (κ2) is 5.47. The Balaban J connectivity index is 1.99. The average molecular weight is 308 g/mol. The predicted octanol–water partition coefficient (Wildman–Crippen LogP) is 3.31. The van der Waals surface area contributed by atoms with Crippen molar-refractivity contribution in [2.75, 3.05) is 11.1 Å². The van der Waals surface area contributed by atoms with Gasteiger partial charge in [-0.05, 0) is 31.2 Å². The summed E-state index contributed by atoms with van der Waals surface area (Å²) in [6, 6.07) is 12.6. The Labute approximate surface area is 131 Å². The highest BCUT2D eigenvalue weighted by Crippen LogP contribution is 2.33. The predicted molar refractivity (Wildman–Crippen MR) is 87.9 cm³/mol. The van der Waals surface area contributed by atoms with Crippen LogP contribution in [0.15, 0.2) is 36.4 Å². The van der Waals surface area contributed by atoms with E-state index < -0.39 is 0 Å². The number of aryl methyl sites for hydroxylation is 1. The number of pyridine rings is 1. The van der Waals surface area contributed by atoms with Gasteiger partial charge in [0.25, 0.3) is 5.91 Å². The smallest absolute Gasteiger partial charge is 0.267 e. The molecule has 1 amide bonds. The molecule has 3 aromatic rings. The van der Waals surface area contributed by atoms with Crippen molar-refractivity contribution in [1.29, 1.82) is 5.26 Å². The number of anilines is 2. The molecule has 3 N–H and O–H groups in total. The molecule has 5 nitrogen and oxygen atoms in total. The first-order valence-electron chi connectivity index (χ1n) is 6.56. The van der Waals surface area contributed by atoms with Gasteiger partial charge in [0.15, 0.2) is 0 Å². The van der Waals surface area contributed by atoms with Crippen LogP contribution < -0.4 is 11.1 Å². The second-order valence-electron chi connectivity index (χ2n) is 4.76. The molecule has 0 aliphatic rings. The maximum Gasteiger partial charge on any atom is 0.267 e. The summed E-state index contributed by atoms with van der Waals surface area (Å²) < 4.78 is 0. The second-order valence-corrected chi connectivity index (χ2v) is 5.76. The van der Waals surface area contributed by atoms with E-state index in [9.17, 15) is 4.79 Å². The summed E-state index contributed by atoms with van der Waals surface area (Å²) in [5.74, 6) is -0.333. The van der Waals surface area contributed by atoms with Crippen molar-refractivity contribution >= 4 is 38.8 Å². The zero-order chi connectivity index (χ0) is 15.7. The summed E-state index contributed by atoms with van der Waals surface area (Å²) in [7, 11) is 0. The molecule has 0 aliphatic heterocycles. The number of nitrogens with two attached hydrogens (primary N) is 1. The zero-order valence-electron chi connectivity index (χ0n) is 11.8. The molecule has 108 valence electrons. The fraction of sp³-hybridized carbons (Fsp3) is 0.0625. The minimum Gasteiger partial charge on any atom is -0.397 e. The molecular weight excluding hydrogens is 296 g/mol. The molecule has 0 unspecified atom stereocenters. The molecule has 0 atom stereocenters. The first-order valence-corrected chi connectivity index (χ1v) is 7.38. The molecular formula is C16H12N4OS. The van der Waals surface area contributed by atoms with Gasteiger partial charge >= 0.3 is 0 Å². The highest BCUT2D eigenvalue weighted by molar-refractivity contribution is 7.21. The van der Waals surface area contributed by atoms with Crippen molar-refractivity contribution in [2.45, 2.75) is 6.92 Å². The number of carbonyl (C=O) groups excluding carboxylic acids is 1. The molecule has 3 rings (SSSR count). The summed E-state index contributed by atoms with van der Waals surface area (Å²) >= 11 is 1.25. The lowest BCUT2D eigenvalue weighted by atomic mass is 10.2. The van der Waals surface area contributed by atoms with Crippen LogP contribution in [-0.2, 0) is 0 Å². The maximum atomic E-state index is 12.4. The topological polar surface area (TPSA) is 91.8 Å². The highest BCUT2D eigenvalue weighted by atomic mass is 32.1. The molecule has 0 fully saturated rings. The molecule has 2 aromatic heterocycles. The van der Waals surface area contributed by atoms with Gasteiger partial charge < -0.3 is 11.1 Å². The molecule has 6 heteroatoms. The number of carbonyl (C=O) groups is 1. The minimum atomic E-state index is -0.333. The molecule has 0 saturated heterocycles. The number of nitriles is 1. The van der Waals surface area contributed by atoms with Crippen LogP contribution >= 0.6 is 11.3 Å². The molecule has 1 aromatic carbocycles. The Hall–Kier alpha value is -2.91. The summed E-state index contributed by atoms with van der Waals surface area (Å²) in [4.78, 5) is 18.0. The number of hydrogen-bond acceptors (Lipinski definition) is 5. The van der Waals surface area contributed by atoms with E-state index in [0.717, 1.165) is 15.9 Å². The van der Waals surface area contributed by atoms with Crippen LogP contribution in [0.3, 0.4) is 0 Å². The van der Waals surface area contributed by atoms with E-state index in [4.69, 9.17) is 11.0 Å². The normalized spacial score (nSPS) is 10.4. The standard InChI is InChI=1S/C16H12N4OS/c1-9-6-7-11-13(18)14(22-16(11)19-9)15(21)20-12-5-3-2-4-10(12)8-17/h2-7H,18H2,1H3,(H,20,21). The summed E-state index contributed by atoms with van der Waals surface area (Å²) in [6.45, 7) is 1.89. The van der Waals surface area contributed by atoms with Crippen LogP contribution in [0.2, 0.25) is 0 Å². The molecule has 0 radical (unpaired) electrons. The number of amides is 1. The van der Waals surface area contributed by atoms with E-state index >= 15 is 0 Å². The third-order valence-electron chi connectivity index (χ3n) is 3.23. The number of aromatic nitrogens is 1. The van der Waals surface area contributed by atoms with Gasteiger partial charge in [-0.25, -0.2) is 4.98 Å². The molecule has 0 saturated carbocycles. The zero-order valence-corrected chi connectivity index (χ0v) is 12.6. The van der Waals surface area contributed by atoms with E-state index in [2.05, 4.69) is 10.3 Å². The van der Waals surface area contributed by atoms with Gasteiger partial charge in [-0.2, -0.15) is 5.26 Å². The van der Waals surface area contributed by atoms with Crippen LogP contribution in [0.5, 0.6) is 0 Å². The third-order valence-corrected chi connectivity index (χ3v) is 4.35. The van der Waals surface area contributed by atoms with Crippen LogP contribution in [0, 0.1) is 18.3 Å². The number of nitrogen functional groups attached to an aromatic ring is 1. The number of thiophene rings is 1. The number of para-hydroxylation sites is 1. The Morgan fingerprint density at radius 1 is 1.32 bits per heavy atom. The van der Waals surface area contributed by atoms with E-state index in [1.807, 2.05) is 25.1 Å². The molecule has 0 aliphatic carbocycles. The van der Waals surface area contributed by atoms with Gasteiger partial charge in [-0.15, -0.1) is 11.3 Å². The lowest BCUT2D eigenvalue weighted by molar-refractivity contribution is 0.103. The van der Waals surface area contributed by atoms with E-state index in [-0.39, 0.29) is 5.91 Å². The van der Waals surface area contributed by atoms with Gasteiger partial charge in [0.1, 0.15) is 15.8 Å². The van der Waals surface area contributed by atoms with Crippen molar-refractivity contribution in [1.82, 2.24) is 4.98 Å². The van der Waals surface area contributed by atoms with Gasteiger partial charge in [-0.1, -0.05) is 12.1 Å². The molecule has 22 heavy (non-hydrogen) atoms. The number of rotatable bonds is 2. The SMILES string of the molecule is Cc1ccc2c(N)c(C(=O)Nc3ccccc3C#N)sc2n1. The lowest BCUT2D eigenvalue weighted by Gasteiger charge is -2.05. The first kappa shape index (κ1) is 14.0. The largest absolute Gasteiger partial charge is 0.397 e. The van der Waals surface area contributed by atoms with Crippen molar-refractivity contribution < 1.29 is 4.79 Å². The van der Waals surface area contributed by atoms with Crippen LogP contribution in [0.25, 0.3) is 10.2 Å². The summed E-state index contributed by atoms with van der Waals surface area (Å²) in [5.41, 5.74) is 8.22. The first-order chi connectivity index (χ1) is 10.6. The van der Waals surface area contributed by atoms with Gasteiger partial charge in [0.05, 0.1) is 16.9 Å². The number of nitrogens with one attached hydrogen (secondary N) is 1. The van der Waals surface area contributed by atoms with Crippen LogP contribution in [0.4, 0.5) is 11.4 Å². The number of hydrogen-bond donors (Lipinski definition) is 2. The van der Waals surface area contributed by atoms with Gasteiger partial charge in [0, 0.05) is 11.1 Å². The Bertz CT molecular complexity index is 924. The number of fused-ring (bicyclic) bond motifs is 1. The lowest BCUT2D eigenvalue weighted by Crippen LogP contribution is -2.12. The highest BCUT2D eigenvalue weighted by Gasteiger charge is 2.18. The number of nitrogens with zero attached hydrogens (tertiary/aromatic N) is 2. The van der Waals surface area contributed by atoms with E-state index in [1.54, 1.807) is 24.3 Å². The summed E-state index contributed by atoms with van der Waals surface area (Å²) in [6.07, 6.45) is 0. The van der Waals surface area contributed by atoms with Crippen molar-refractivity contribution in [2.24, 2.45) is 0 Å². The molecule has 2 heterocycles. The Morgan fingerprint density at radius 3 is 2.86 bits per heavy atom. The van der Waals surface area contributed by atoms with E-state index in [0.29, 0.717) is 21.8 Å².